The maximum atomic E-state index is 3.57. The smallest absolute Gasteiger partial charge is 0.244 e. The molecule has 0 aliphatic carbocycles. The van der Waals surface area contributed by atoms with Crippen LogP contribution in [0.5, 0.6) is 0 Å². The Morgan fingerprint density at radius 2 is 0.972 bits per heavy atom. The summed E-state index contributed by atoms with van der Waals surface area (Å²) in [5.41, 5.74) is 15.2. The highest BCUT2D eigenvalue weighted by Gasteiger charge is 2.29. The van der Waals surface area contributed by atoms with Crippen molar-refractivity contribution in [1.82, 2.24) is 0 Å². The number of aryl methyl sites for hydroxylation is 6. The van der Waals surface area contributed by atoms with Gasteiger partial charge in [-0.25, -0.2) is 0 Å². The van der Waals surface area contributed by atoms with Gasteiger partial charge < -0.3 is 4.90 Å². The van der Waals surface area contributed by atoms with E-state index in [2.05, 4.69) is 145 Å². The Balaban J connectivity index is 1.99. The second-order valence-electron chi connectivity index (χ2n) is 10.3. The molecule has 0 spiro atoms. The summed E-state index contributed by atoms with van der Waals surface area (Å²) in [4.78, 5) is 2.12. The summed E-state index contributed by atoms with van der Waals surface area (Å²) in [5, 5.41) is 0. The molecule has 36 heavy (non-hydrogen) atoms. The van der Waals surface area contributed by atoms with Crippen LogP contribution >= 0.6 is 0 Å². The number of para-hydroxylation sites is 1. The predicted octanol–water partition coefficient (Wildman–Crippen LogP) is 5.52. The highest BCUT2D eigenvalue weighted by Crippen LogP contribution is 2.17. The molecule has 0 aliphatic rings. The summed E-state index contributed by atoms with van der Waals surface area (Å²) in [5.74, 6) is 7.06. The molecule has 4 aromatic rings. The van der Waals surface area contributed by atoms with Crippen LogP contribution in [-0.4, -0.2) is 20.8 Å². The molecule has 0 radical (unpaired) electrons. The molecule has 0 saturated heterocycles. The largest absolute Gasteiger partial charge is 0.377 e. The van der Waals surface area contributed by atoms with Crippen molar-refractivity contribution in [3.05, 3.63) is 117 Å². The molecule has 0 bridgehead atoms. The van der Waals surface area contributed by atoms with Gasteiger partial charge in [0.2, 0.25) is 6.71 Å². The Labute approximate surface area is 218 Å². The molecule has 4 rings (SSSR count). The Morgan fingerprint density at radius 3 is 1.47 bits per heavy atom. The lowest BCUT2D eigenvalue weighted by Crippen LogP contribution is -2.56. The number of benzene rings is 4. The van der Waals surface area contributed by atoms with E-state index in [0.29, 0.717) is 0 Å². The van der Waals surface area contributed by atoms with Gasteiger partial charge in [0.1, 0.15) is 0 Å². The van der Waals surface area contributed by atoms with E-state index in [0.717, 1.165) is 16.8 Å². The van der Waals surface area contributed by atoms with E-state index in [4.69, 9.17) is 0 Å². The van der Waals surface area contributed by atoms with E-state index >= 15 is 0 Å². The Bertz CT molecular complexity index is 1380. The van der Waals surface area contributed by atoms with Gasteiger partial charge in [0.25, 0.3) is 0 Å². The zero-order chi connectivity index (χ0) is 26.0. The number of nitrogens with zero attached hydrogens (tertiary/aromatic N) is 1. The normalized spacial score (nSPS) is 10.6. The number of hydrogen-bond acceptors (Lipinski definition) is 1. The van der Waals surface area contributed by atoms with Crippen molar-refractivity contribution in [3.8, 4) is 11.8 Å². The van der Waals surface area contributed by atoms with E-state index in [-0.39, 0.29) is 6.71 Å². The maximum absolute atomic E-state index is 3.57. The fourth-order valence-electron chi connectivity index (χ4n) is 5.71. The average Bonchev–Trinajstić information content (AvgIpc) is 2.81. The summed E-state index contributed by atoms with van der Waals surface area (Å²) < 4.78 is 0. The van der Waals surface area contributed by atoms with Crippen LogP contribution in [0.3, 0.4) is 0 Å². The molecule has 0 aromatic heterocycles. The second kappa shape index (κ2) is 10.5. The van der Waals surface area contributed by atoms with Gasteiger partial charge in [0.05, 0.1) is 5.69 Å². The van der Waals surface area contributed by atoms with Gasteiger partial charge in [-0.15, -0.1) is 0 Å². The van der Waals surface area contributed by atoms with Gasteiger partial charge in [-0.2, -0.15) is 0 Å². The van der Waals surface area contributed by atoms with Gasteiger partial charge in [0.15, 0.2) is 0 Å². The fourth-order valence-corrected chi connectivity index (χ4v) is 5.71. The van der Waals surface area contributed by atoms with Crippen LogP contribution in [0.4, 0.5) is 5.69 Å². The first-order valence-corrected chi connectivity index (χ1v) is 12.7. The van der Waals surface area contributed by atoms with Crippen molar-refractivity contribution in [2.24, 2.45) is 0 Å². The zero-order valence-electron chi connectivity index (χ0n) is 23.0. The first-order chi connectivity index (χ1) is 17.2. The molecule has 1 nitrogen and oxygen atoms in total. The lowest BCUT2D eigenvalue weighted by Gasteiger charge is -2.25. The first kappa shape index (κ1) is 25.4. The summed E-state index contributed by atoms with van der Waals surface area (Å²) in [6.07, 6.45) is 0. The van der Waals surface area contributed by atoms with Gasteiger partial charge in [-0.1, -0.05) is 116 Å². The van der Waals surface area contributed by atoms with Crippen LogP contribution in [0, 0.1) is 53.4 Å². The van der Waals surface area contributed by atoms with Gasteiger partial charge in [0, 0.05) is 25.2 Å². The van der Waals surface area contributed by atoms with E-state index in [9.17, 15) is 0 Å². The summed E-state index contributed by atoms with van der Waals surface area (Å²) >= 11 is 0. The predicted molar refractivity (Wildman–Crippen MR) is 159 cm³/mol. The van der Waals surface area contributed by atoms with Crippen LogP contribution in [0.15, 0.2) is 72.8 Å². The third kappa shape index (κ3) is 5.12. The van der Waals surface area contributed by atoms with Crippen LogP contribution in [-0.2, 0) is 0 Å². The molecule has 0 aliphatic heterocycles. The summed E-state index contributed by atoms with van der Waals surface area (Å²) in [6.45, 7) is 13.5. The molecule has 0 amide bonds. The molecule has 0 N–H and O–H groups in total. The molecule has 0 atom stereocenters. The Kier molecular flexibility index (Phi) is 7.41. The molecule has 4 aromatic carbocycles. The highest BCUT2D eigenvalue weighted by molar-refractivity contribution is 6.97. The summed E-state index contributed by atoms with van der Waals surface area (Å²) in [6, 6.07) is 26.3. The topological polar surface area (TPSA) is 3.24 Å². The fraction of sp³-hybridized carbons (Fsp3) is 0.235. The molecule has 0 unspecified atom stereocenters. The highest BCUT2D eigenvalue weighted by atomic mass is 15.1. The van der Waals surface area contributed by atoms with Crippen LogP contribution in [0.25, 0.3) is 0 Å². The second-order valence-corrected chi connectivity index (χ2v) is 10.3. The lowest BCUT2D eigenvalue weighted by atomic mass is 9.33. The van der Waals surface area contributed by atoms with Crippen LogP contribution in [0.1, 0.15) is 44.5 Å². The third-order valence-corrected chi connectivity index (χ3v) is 7.04. The monoisotopic (exact) mass is 469 g/mol. The molecule has 2 heteroatoms. The van der Waals surface area contributed by atoms with Crippen LogP contribution < -0.4 is 21.3 Å². The molecular weight excluding hydrogens is 433 g/mol. The summed E-state index contributed by atoms with van der Waals surface area (Å²) in [7, 11) is 4.13. The average molecular weight is 469 g/mol. The van der Waals surface area contributed by atoms with E-state index in [1.165, 1.54) is 49.8 Å². The minimum Gasteiger partial charge on any atom is -0.377 e. The van der Waals surface area contributed by atoms with E-state index in [1.807, 2.05) is 0 Å². The van der Waals surface area contributed by atoms with Crippen molar-refractivity contribution < 1.29 is 0 Å². The Morgan fingerprint density at radius 1 is 0.556 bits per heavy atom. The molecular formula is C34H36BN. The van der Waals surface area contributed by atoms with Crippen molar-refractivity contribution in [3.63, 3.8) is 0 Å². The maximum Gasteiger partial charge on any atom is 0.244 e. The Hall–Kier alpha value is -3.70. The van der Waals surface area contributed by atoms with Gasteiger partial charge in [-0.05, 0) is 59.7 Å². The molecule has 180 valence electrons. The molecule has 0 fully saturated rings. The SMILES string of the molecule is Cc1cc(C)c(B(c2ccccc2C#Cc2ccccc2N(C)C)c2c(C)cc(C)cc2C)c(C)c1. The van der Waals surface area contributed by atoms with Gasteiger partial charge in [-0.3, -0.25) is 0 Å². The van der Waals surface area contributed by atoms with Crippen molar-refractivity contribution in [2.75, 3.05) is 19.0 Å². The number of anilines is 1. The van der Waals surface area contributed by atoms with Crippen molar-refractivity contribution in [2.45, 2.75) is 41.5 Å². The zero-order valence-corrected chi connectivity index (χ0v) is 23.0. The van der Waals surface area contributed by atoms with E-state index < -0.39 is 0 Å². The number of rotatable bonds is 4. The lowest BCUT2D eigenvalue weighted by molar-refractivity contribution is 1.13. The van der Waals surface area contributed by atoms with Gasteiger partial charge >= 0.3 is 0 Å². The van der Waals surface area contributed by atoms with E-state index in [1.54, 1.807) is 0 Å². The van der Waals surface area contributed by atoms with Crippen LogP contribution in [0.2, 0.25) is 0 Å². The quantitative estimate of drug-likeness (QED) is 0.281. The first-order valence-electron chi connectivity index (χ1n) is 12.7. The standard InChI is InChI=1S/C34H36BN/c1-23-19-25(3)33(26(4)20-23)35(34-27(5)21-24(2)22-28(34)6)31-15-11-9-13-29(31)17-18-30-14-10-12-16-32(30)36(7)8/h9-16,19-22H,1-8H3. The number of hydrogen-bond donors (Lipinski definition) is 0. The van der Waals surface area contributed by atoms with Crippen molar-refractivity contribution >= 4 is 28.8 Å². The minimum absolute atomic E-state index is 0.112. The van der Waals surface area contributed by atoms with Crippen molar-refractivity contribution in [1.29, 1.82) is 0 Å². The third-order valence-electron chi connectivity index (χ3n) is 7.04. The molecule has 0 saturated carbocycles. The minimum atomic E-state index is 0.112. The molecule has 0 heterocycles.